The quantitative estimate of drug-likeness (QED) is 0.366. The molecule has 0 atom stereocenters. The molecule has 0 aromatic heterocycles. The normalized spacial score (nSPS) is 23.7. The Morgan fingerprint density at radius 2 is 1.80 bits per heavy atom. The van der Waals surface area contributed by atoms with Gasteiger partial charge in [0.1, 0.15) is 0 Å². The van der Waals surface area contributed by atoms with Crippen LogP contribution in [-0.2, 0) is 10.0 Å². The summed E-state index contributed by atoms with van der Waals surface area (Å²) in [5.41, 5.74) is 0. The van der Waals surface area contributed by atoms with Crippen molar-refractivity contribution in [1.82, 2.24) is 4.31 Å². The van der Waals surface area contributed by atoms with Crippen molar-refractivity contribution in [3.8, 4) is 0 Å². The van der Waals surface area contributed by atoms with Crippen LogP contribution in [0.4, 0.5) is 0 Å². The summed E-state index contributed by atoms with van der Waals surface area (Å²) < 4.78 is 25.7. The van der Waals surface area contributed by atoms with E-state index >= 15 is 0 Å². The molecule has 0 bridgehead atoms. The molecule has 0 aromatic carbocycles. The van der Waals surface area contributed by atoms with Gasteiger partial charge in [-0.3, -0.25) is 0 Å². The van der Waals surface area contributed by atoms with Crippen LogP contribution in [0.3, 0.4) is 0 Å². The van der Waals surface area contributed by atoms with E-state index < -0.39 is 10.0 Å². The van der Waals surface area contributed by atoms with Gasteiger partial charge < -0.3 is 0 Å². The van der Waals surface area contributed by atoms with Crippen molar-refractivity contribution >= 4 is 10.0 Å². The molecule has 1 aliphatic heterocycles. The maximum atomic E-state index is 10.9. The third-order valence-electron chi connectivity index (χ3n) is 1.40. The summed E-state index contributed by atoms with van der Waals surface area (Å²) in [7, 11) is -2.87. The predicted molar refractivity (Wildman–Crippen MR) is 36.2 cm³/mol. The van der Waals surface area contributed by atoms with Crippen LogP contribution in [-0.4, -0.2) is 40.9 Å². The van der Waals surface area contributed by atoms with Crippen molar-refractivity contribution in [3.05, 3.63) is 0 Å². The summed E-state index contributed by atoms with van der Waals surface area (Å²) in [6.07, 6.45) is 1.29. The SMILES string of the molecule is CS(=O)(=O)N1CC[I-]CC1. The number of alkyl halides is 2. The molecule has 1 saturated heterocycles. The molecule has 10 heavy (non-hydrogen) atoms. The van der Waals surface area contributed by atoms with Crippen molar-refractivity contribution in [1.29, 1.82) is 0 Å². The number of hydrogen-bond donors (Lipinski definition) is 0. The summed E-state index contributed by atoms with van der Waals surface area (Å²) >= 11 is 0.333. The van der Waals surface area contributed by atoms with E-state index in [1.807, 2.05) is 0 Å². The Kier molecular flexibility index (Phi) is 2.93. The van der Waals surface area contributed by atoms with Gasteiger partial charge in [-0.15, -0.1) is 0 Å². The number of hydrogen-bond acceptors (Lipinski definition) is 2. The average molecular weight is 276 g/mol. The minimum atomic E-state index is -2.87. The second-order valence-electron chi connectivity index (χ2n) is 2.23. The predicted octanol–water partition coefficient (Wildman–Crippen LogP) is -3.65. The Balaban J connectivity index is 2.56. The van der Waals surface area contributed by atoms with Crippen molar-refractivity contribution < 1.29 is 29.6 Å². The third-order valence-corrected chi connectivity index (χ3v) is 5.20. The molecular formula is C5H11INO2S-. The van der Waals surface area contributed by atoms with Gasteiger partial charge in [-0.2, -0.15) is 0 Å². The van der Waals surface area contributed by atoms with E-state index in [0.29, 0.717) is 21.2 Å². The Hall–Kier alpha value is 0.640. The third kappa shape index (κ3) is 2.35. The van der Waals surface area contributed by atoms with Crippen molar-refractivity contribution in [2.75, 3.05) is 28.2 Å². The fourth-order valence-electron chi connectivity index (χ4n) is 0.846. The summed E-state index contributed by atoms with van der Waals surface area (Å²) in [5.74, 6) is 0. The second-order valence-corrected chi connectivity index (χ2v) is 7.45. The van der Waals surface area contributed by atoms with Crippen LogP contribution < -0.4 is 21.2 Å². The fourth-order valence-corrected chi connectivity index (χ4v) is 4.73. The first kappa shape index (κ1) is 8.73. The van der Waals surface area contributed by atoms with Gasteiger partial charge in [-0.25, -0.2) is 0 Å². The monoisotopic (exact) mass is 276 g/mol. The standard InChI is InChI=1S/C5H11INO2S/c1-10(8,9)7-4-2-6-3-5-7/h2-5H2,1H3/q-1. The van der Waals surface area contributed by atoms with Gasteiger partial charge in [-0.1, -0.05) is 0 Å². The van der Waals surface area contributed by atoms with Crippen LogP contribution in [0.15, 0.2) is 0 Å². The molecule has 3 nitrogen and oxygen atoms in total. The average Bonchev–Trinajstić information content (AvgIpc) is 1.88. The summed E-state index contributed by atoms with van der Waals surface area (Å²) in [4.78, 5) is 0. The number of sulfonamides is 1. The molecule has 0 saturated carbocycles. The summed E-state index contributed by atoms with van der Waals surface area (Å²) in [6.45, 7) is 1.54. The Labute approximate surface area is 72.1 Å². The molecular weight excluding hydrogens is 265 g/mol. The number of nitrogens with zero attached hydrogens (tertiary/aromatic N) is 1. The molecule has 0 aliphatic carbocycles. The molecule has 1 fully saturated rings. The maximum absolute atomic E-state index is 10.9. The van der Waals surface area contributed by atoms with E-state index in [1.54, 1.807) is 4.31 Å². The Morgan fingerprint density at radius 3 is 2.10 bits per heavy atom. The molecule has 0 unspecified atom stereocenters. The van der Waals surface area contributed by atoms with Crippen LogP contribution in [0.5, 0.6) is 0 Å². The number of halogens is 1. The molecule has 0 radical (unpaired) electrons. The summed E-state index contributed by atoms with van der Waals surface area (Å²) in [5, 5.41) is 0. The zero-order valence-corrected chi connectivity index (χ0v) is 8.85. The molecule has 5 heteroatoms. The topological polar surface area (TPSA) is 37.4 Å². The van der Waals surface area contributed by atoms with Crippen molar-refractivity contribution in [3.63, 3.8) is 0 Å². The second kappa shape index (κ2) is 3.36. The zero-order valence-electron chi connectivity index (χ0n) is 5.88. The Bertz CT molecular complexity index is 196. The number of rotatable bonds is 1. The first-order chi connectivity index (χ1) is 4.61. The first-order valence-electron chi connectivity index (χ1n) is 3.09. The Morgan fingerprint density at radius 1 is 1.30 bits per heavy atom. The van der Waals surface area contributed by atoms with E-state index in [2.05, 4.69) is 0 Å². The van der Waals surface area contributed by atoms with E-state index in [-0.39, 0.29) is 0 Å². The van der Waals surface area contributed by atoms with Gasteiger partial charge in [0.2, 0.25) is 0 Å². The zero-order chi connectivity index (χ0) is 7.61. The van der Waals surface area contributed by atoms with E-state index in [9.17, 15) is 8.42 Å². The molecule has 1 aliphatic rings. The van der Waals surface area contributed by atoms with Crippen LogP contribution in [0.25, 0.3) is 0 Å². The van der Waals surface area contributed by atoms with Gasteiger partial charge in [-0.05, 0) is 0 Å². The molecule has 0 spiro atoms. The molecule has 0 amide bonds. The fraction of sp³-hybridized carbons (Fsp3) is 1.00. The van der Waals surface area contributed by atoms with Gasteiger partial charge >= 0.3 is 72.2 Å². The summed E-state index contributed by atoms with van der Waals surface area (Å²) in [6, 6.07) is 0. The minimum absolute atomic E-state index is 0.333. The van der Waals surface area contributed by atoms with Crippen LogP contribution >= 0.6 is 0 Å². The van der Waals surface area contributed by atoms with E-state index in [1.165, 1.54) is 6.26 Å². The molecule has 1 rings (SSSR count). The molecule has 62 valence electrons. The van der Waals surface area contributed by atoms with Gasteiger partial charge in [0.05, 0.1) is 0 Å². The first-order valence-corrected chi connectivity index (χ1v) is 7.99. The van der Waals surface area contributed by atoms with Crippen LogP contribution in [0.1, 0.15) is 0 Å². The molecule has 0 aromatic rings. The molecule has 1 heterocycles. The van der Waals surface area contributed by atoms with E-state index in [4.69, 9.17) is 0 Å². The van der Waals surface area contributed by atoms with E-state index in [0.717, 1.165) is 21.9 Å². The van der Waals surface area contributed by atoms with Crippen LogP contribution in [0, 0.1) is 0 Å². The van der Waals surface area contributed by atoms with Gasteiger partial charge in [0.15, 0.2) is 0 Å². The van der Waals surface area contributed by atoms with Crippen molar-refractivity contribution in [2.24, 2.45) is 0 Å². The molecule has 0 N–H and O–H groups in total. The van der Waals surface area contributed by atoms with Gasteiger partial charge in [0, 0.05) is 0 Å². The van der Waals surface area contributed by atoms with Gasteiger partial charge in [0.25, 0.3) is 0 Å². The van der Waals surface area contributed by atoms with Crippen molar-refractivity contribution in [2.45, 2.75) is 0 Å². The van der Waals surface area contributed by atoms with Crippen LogP contribution in [0.2, 0.25) is 0 Å².